The molecule has 15 heavy (non-hydrogen) atoms. The largest absolute Gasteiger partial charge is 1.00 e. The zero-order valence-corrected chi connectivity index (χ0v) is 10.0. The van der Waals surface area contributed by atoms with Gasteiger partial charge in [0.2, 0.25) is 5.39 Å². The van der Waals surface area contributed by atoms with E-state index in [1.54, 1.807) is 13.2 Å². The van der Waals surface area contributed by atoms with Gasteiger partial charge < -0.3 is 22.0 Å². The predicted octanol–water partition coefficient (Wildman–Crippen LogP) is -0.442. The highest BCUT2D eigenvalue weighted by Gasteiger charge is 2.18. The summed E-state index contributed by atoms with van der Waals surface area (Å²) in [7, 11) is 5.48. The molecule has 0 aliphatic rings. The minimum Gasteiger partial charge on any atom is -1.00 e. The van der Waals surface area contributed by atoms with Crippen LogP contribution in [0.25, 0.3) is 4.98 Å². The van der Waals surface area contributed by atoms with Crippen LogP contribution < -0.4 is 22.0 Å². The maximum atomic E-state index is 8.72. The third-order valence-electron chi connectivity index (χ3n) is 2.15. The molecule has 1 aromatic carbocycles. The van der Waals surface area contributed by atoms with Crippen molar-refractivity contribution in [2.75, 3.05) is 26.1 Å². The molecule has 0 N–H and O–H groups in total. The highest BCUT2D eigenvalue weighted by Crippen LogP contribution is 2.36. The highest BCUT2D eigenvalue weighted by molar-refractivity contribution is 5.70. The van der Waals surface area contributed by atoms with Crippen molar-refractivity contribution < 1.29 is 17.1 Å². The SMILES string of the molecule is COc1c(N(C)C)ccc([N+]#N)c1C.[Cl-]. The molecule has 0 saturated heterocycles. The van der Waals surface area contributed by atoms with E-state index in [1.165, 1.54) is 0 Å². The molecule has 0 unspecified atom stereocenters. The van der Waals surface area contributed by atoms with Gasteiger partial charge in [-0.3, -0.25) is 0 Å². The van der Waals surface area contributed by atoms with Gasteiger partial charge in [0.05, 0.1) is 18.4 Å². The number of methoxy groups -OCH3 is 1. The Balaban J connectivity index is 0.00000196. The maximum Gasteiger partial charge on any atom is 0.391 e. The van der Waals surface area contributed by atoms with Gasteiger partial charge in [0.25, 0.3) is 0 Å². The van der Waals surface area contributed by atoms with E-state index in [2.05, 4.69) is 4.98 Å². The number of hydrogen-bond donors (Lipinski definition) is 0. The maximum absolute atomic E-state index is 8.72. The van der Waals surface area contributed by atoms with Gasteiger partial charge in [0.1, 0.15) is 0 Å². The zero-order chi connectivity index (χ0) is 10.7. The van der Waals surface area contributed by atoms with Crippen molar-refractivity contribution in [3.8, 4) is 5.75 Å². The summed E-state index contributed by atoms with van der Waals surface area (Å²) in [5.74, 6) is 0.741. The van der Waals surface area contributed by atoms with E-state index in [0.29, 0.717) is 5.69 Å². The van der Waals surface area contributed by atoms with Crippen LogP contribution in [-0.2, 0) is 0 Å². The first-order valence-electron chi connectivity index (χ1n) is 4.31. The minimum atomic E-state index is 0. The van der Waals surface area contributed by atoms with Crippen molar-refractivity contribution in [3.63, 3.8) is 0 Å². The molecular formula is C10H14ClN3O. The van der Waals surface area contributed by atoms with E-state index in [4.69, 9.17) is 10.1 Å². The lowest BCUT2D eigenvalue weighted by atomic mass is 10.1. The Morgan fingerprint density at radius 1 is 1.33 bits per heavy atom. The van der Waals surface area contributed by atoms with Crippen LogP contribution in [0.3, 0.4) is 0 Å². The quantitative estimate of drug-likeness (QED) is 0.644. The number of diazo groups is 1. The molecule has 1 aromatic rings. The van der Waals surface area contributed by atoms with E-state index >= 15 is 0 Å². The first-order chi connectivity index (χ1) is 6.61. The third kappa shape index (κ3) is 2.51. The number of anilines is 1. The Hall–Kier alpha value is -1.47. The lowest BCUT2D eigenvalue weighted by molar-refractivity contribution is -0.00000352. The Bertz CT molecular complexity index is 385. The molecule has 0 aliphatic heterocycles. The van der Waals surface area contributed by atoms with Crippen molar-refractivity contribution in [1.29, 1.82) is 5.39 Å². The molecule has 0 aromatic heterocycles. The standard InChI is InChI=1S/C10H14N3O.ClH/c1-7-8(12-11)5-6-9(13(2)3)10(7)14-4;/h5-6H,1-4H3;1H/q+1;/p-1. The summed E-state index contributed by atoms with van der Waals surface area (Å²) in [5, 5.41) is 8.72. The van der Waals surface area contributed by atoms with Gasteiger partial charge in [0, 0.05) is 20.2 Å². The van der Waals surface area contributed by atoms with Crippen molar-refractivity contribution in [3.05, 3.63) is 22.7 Å². The first kappa shape index (κ1) is 13.5. The zero-order valence-electron chi connectivity index (χ0n) is 9.28. The second kappa shape index (κ2) is 5.42. The third-order valence-corrected chi connectivity index (χ3v) is 2.15. The van der Waals surface area contributed by atoms with E-state index in [-0.39, 0.29) is 12.4 Å². The second-order valence-electron chi connectivity index (χ2n) is 3.26. The Kier molecular flexibility index (Phi) is 4.89. The topological polar surface area (TPSA) is 40.6 Å². The molecule has 0 bridgehead atoms. The van der Waals surface area contributed by atoms with Crippen molar-refractivity contribution in [1.82, 2.24) is 0 Å². The predicted molar refractivity (Wildman–Crippen MR) is 56.8 cm³/mol. The van der Waals surface area contributed by atoms with Gasteiger partial charge >= 0.3 is 5.69 Å². The molecule has 0 amide bonds. The van der Waals surface area contributed by atoms with Gasteiger partial charge in [-0.2, -0.15) is 0 Å². The molecule has 0 saturated carbocycles. The number of hydrogen-bond acceptors (Lipinski definition) is 3. The number of ether oxygens (including phenoxy) is 1. The van der Waals surface area contributed by atoms with Crippen LogP contribution in [0.1, 0.15) is 5.56 Å². The summed E-state index contributed by atoms with van der Waals surface area (Å²) in [4.78, 5) is 5.13. The molecule has 0 atom stereocenters. The lowest BCUT2D eigenvalue weighted by Crippen LogP contribution is -3.00. The monoisotopic (exact) mass is 227 g/mol. The fourth-order valence-electron chi connectivity index (χ4n) is 1.39. The number of benzene rings is 1. The summed E-state index contributed by atoms with van der Waals surface area (Å²) < 4.78 is 5.27. The number of nitrogens with zero attached hydrogens (tertiary/aromatic N) is 3. The average molecular weight is 228 g/mol. The molecule has 0 spiro atoms. The molecule has 0 heterocycles. The number of rotatable bonds is 2. The fraction of sp³-hybridized carbons (Fsp3) is 0.400. The van der Waals surface area contributed by atoms with Crippen molar-refractivity contribution in [2.45, 2.75) is 6.92 Å². The van der Waals surface area contributed by atoms with Crippen LogP contribution in [0.5, 0.6) is 5.75 Å². The molecule has 82 valence electrons. The minimum absolute atomic E-state index is 0. The Morgan fingerprint density at radius 3 is 2.33 bits per heavy atom. The van der Waals surface area contributed by atoms with Crippen LogP contribution in [-0.4, -0.2) is 21.2 Å². The Morgan fingerprint density at radius 2 is 1.93 bits per heavy atom. The molecule has 1 rings (SSSR count). The summed E-state index contributed by atoms with van der Waals surface area (Å²) in [6.45, 7) is 1.86. The average Bonchev–Trinajstić information content (AvgIpc) is 2.17. The number of halogens is 1. The summed E-state index contributed by atoms with van der Waals surface area (Å²) >= 11 is 0. The van der Waals surface area contributed by atoms with Crippen LogP contribution in [0, 0.1) is 12.3 Å². The molecule has 0 aliphatic carbocycles. The summed E-state index contributed by atoms with van der Waals surface area (Å²) in [6.07, 6.45) is 0. The normalized spacial score (nSPS) is 8.73. The van der Waals surface area contributed by atoms with Gasteiger partial charge in [-0.05, 0) is 13.0 Å². The molecule has 0 radical (unpaired) electrons. The van der Waals surface area contributed by atoms with Crippen molar-refractivity contribution in [2.24, 2.45) is 0 Å². The summed E-state index contributed by atoms with van der Waals surface area (Å²) in [5.41, 5.74) is 2.34. The molecule has 0 fully saturated rings. The summed E-state index contributed by atoms with van der Waals surface area (Å²) in [6, 6.07) is 3.62. The van der Waals surface area contributed by atoms with Gasteiger partial charge in [0.15, 0.2) is 10.7 Å². The molecular weight excluding hydrogens is 214 g/mol. The van der Waals surface area contributed by atoms with E-state index in [1.807, 2.05) is 32.0 Å². The van der Waals surface area contributed by atoms with Gasteiger partial charge in [-0.25, -0.2) is 0 Å². The molecule has 5 heteroatoms. The van der Waals surface area contributed by atoms with E-state index in [9.17, 15) is 0 Å². The first-order valence-corrected chi connectivity index (χ1v) is 4.31. The second-order valence-corrected chi connectivity index (χ2v) is 3.26. The van der Waals surface area contributed by atoms with E-state index in [0.717, 1.165) is 17.0 Å². The van der Waals surface area contributed by atoms with Crippen LogP contribution in [0.15, 0.2) is 12.1 Å². The van der Waals surface area contributed by atoms with Crippen LogP contribution >= 0.6 is 0 Å². The van der Waals surface area contributed by atoms with Crippen LogP contribution in [0.4, 0.5) is 11.4 Å². The van der Waals surface area contributed by atoms with Gasteiger partial charge in [-0.1, -0.05) is 0 Å². The Labute approximate surface area is 95.9 Å². The lowest BCUT2D eigenvalue weighted by Gasteiger charge is -2.16. The van der Waals surface area contributed by atoms with Crippen molar-refractivity contribution >= 4 is 11.4 Å². The fourth-order valence-corrected chi connectivity index (χ4v) is 1.39. The van der Waals surface area contributed by atoms with Gasteiger partial charge in [-0.15, -0.1) is 0 Å². The van der Waals surface area contributed by atoms with Crippen LogP contribution in [0.2, 0.25) is 0 Å². The smallest absolute Gasteiger partial charge is 0.391 e. The highest BCUT2D eigenvalue weighted by atomic mass is 35.5. The van der Waals surface area contributed by atoms with E-state index < -0.39 is 0 Å². The molecule has 4 nitrogen and oxygen atoms in total.